The van der Waals surface area contributed by atoms with Crippen LogP contribution < -0.4 is 4.90 Å². The van der Waals surface area contributed by atoms with Crippen molar-refractivity contribution in [2.24, 2.45) is 0 Å². The molecule has 0 unspecified atom stereocenters. The molecule has 0 N–H and O–H groups in total. The molecule has 42 heavy (non-hydrogen) atoms. The van der Waals surface area contributed by atoms with Crippen LogP contribution in [-0.2, 0) is 16.2 Å². The molecular formula is C39H35Br2N. The van der Waals surface area contributed by atoms with Gasteiger partial charge in [-0.25, -0.2) is 0 Å². The number of halogens is 2. The number of para-hydroxylation sites is 1. The lowest BCUT2D eigenvalue weighted by molar-refractivity contribution is 0.587. The van der Waals surface area contributed by atoms with E-state index in [1.54, 1.807) is 0 Å². The molecule has 0 fully saturated rings. The van der Waals surface area contributed by atoms with Crippen LogP contribution in [0.1, 0.15) is 74.9 Å². The van der Waals surface area contributed by atoms with Crippen molar-refractivity contribution in [3.05, 3.63) is 145 Å². The van der Waals surface area contributed by atoms with Crippen LogP contribution in [0.3, 0.4) is 0 Å². The van der Waals surface area contributed by atoms with E-state index >= 15 is 0 Å². The number of benzene rings is 5. The predicted octanol–water partition coefficient (Wildman–Crippen LogP) is 12.0. The first kappa shape index (κ1) is 27.7. The third kappa shape index (κ3) is 4.00. The summed E-state index contributed by atoms with van der Waals surface area (Å²) in [6.45, 7) is 13.8. The van der Waals surface area contributed by atoms with Gasteiger partial charge in [0.25, 0.3) is 0 Å². The summed E-state index contributed by atoms with van der Waals surface area (Å²) in [6.07, 6.45) is 0. The Labute approximate surface area is 266 Å². The second-order valence-corrected chi connectivity index (χ2v) is 15.6. The van der Waals surface area contributed by atoms with E-state index in [-0.39, 0.29) is 10.8 Å². The van der Waals surface area contributed by atoms with Gasteiger partial charge in [-0.2, -0.15) is 0 Å². The molecular weight excluding hydrogens is 642 g/mol. The van der Waals surface area contributed by atoms with Crippen LogP contribution in [0.25, 0.3) is 11.1 Å². The highest BCUT2D eigenvalue weighted by molar-refractivity contribution is 9.10. The lowest BCUT2D eigenvalue weighted by atomic mass is 9.64. The van der Waals surface area contributed by atoms with E-state index in [0.717, 1.165) is 8.95 Å². The summed E-state index contributed by atoms with van der Waals surface area (Å²) in [5.41, 5.74) is 13.8. The Balaban J connectivity index is 1.62. The Kier molecular flexibility index (Phi) is 6.21. The summed E-state index contributed by atoms with van der Waals surface area (Å²) in [6, 6.07) is 39.0. The standard InChI is InChI=1S/C39H35Br2N/c1-37(2,3)24-11-16-28(17-12-24)42-35-10-8-7-9-31(35)39(34-21-25(38(4,5)6)13-20-36(34)42)32-22-26(40)14-18-29(32)30-19-15-27(41)23-33(30)39/h7-23H,1-6H3. The van der Waals surface area contributed by atoms with Crippen LogP contribution in [-0.4, -0.2) is 0 Å². The van der Waals surface area contributed by atoms with E-state index in [1.807, 2.05) is 0 Å². The minimum atomic E-state index is -0.465. The predicted molar refractivity (Wildman–Crippen MR) is 185 cm³/mol. The molecule has 7 rings (SSSR count). The van der Waals surface area contributed by atoms with Gasteiger partial charge < -0.3 is 4.90 Å². The zero-order valence-corrected chi connectivity index (χ0v) is 28.2. The maximum absolute atomic E-state index is 3.85. The first-order valence-corrected chi connectivity index (χ1v) is 16.2. The quantitative estimate of drug-likeness (QED) is 0.167. The number of hydrogen-bond acceptors (Lipinski definition) is 1. The zero-order valence-electron chi connectivity index (χ0n) is 25.0. The van der Waals surface area contributed by atoms with Gasteiger partial charge in [-0.3, -0.25) is 0 Å². The number of anilines is 3. The molecule has 1 aliphatic carbocycles. The highest BCUT2D eigenvalue weighted by atomic mass is 79.9. The smallest absolute Gasteiger partial charge is 0.0755 e. The molecule has 0 radical (unpaired) electrons. The summed E-state index contributed by atoms with van der Waals surface area (Å²) in [5, 5.41) is 0. The molecule has 5 aromatic carbocycles. The van der Waals surface area contributed by atoms with Crippen molar-refractivity contribution in [2.45, 2.75) is 57.8 Å². The van der Waals surface area contributed by atoms with Crippen molar-refractivity contribution >= 4 is 48.9 Å². The zero-order chi connectivity index (χ0) is 29.6. The van der Waals surface area contributed by atoms with Crippen molar-refractivity contribution in [3.63, 3.8) is 0 Å². The number of nitrogens with zero attached hydrogens (tertiary/aromatic N) is 1. The van der Waals surface area contributed by atoms with E-state index in [0.29, 0.717) is 0 Å². The van der Waals surface area contributed by atoms with Gasteiger partial charge in [0.1, 0.15) is 0 Å². The Morgan fingerprint density at radius 3 is 1.60 bits per heavy atom. The molecule has 1 aliphatic heterocycles. The van der Waals surface area contributed by atoms with Crippen LogP contribution >= 0.6 is 31.9 Å². The van der Waals surface area contributed by atoms with Crippen LogP contribution in [0.4, 0.5) is 17.1 Å². The fourth-order valence-corrected chi connectivity index (χ4v) is 7.72. The van der Waals surface area contributed by atoms with Crippen molar-refractivity contribution < 1.29 is 0 Å². The van der Waals surface area contributed by atoms with Gasteiger partial charge >= 0.3 is 0 Å². The fourth-order valence-electron chi connectivity index (χ4n) is 7.00. The first-order valence-electron chi connectivity index (χ1n) is 14.7. The molecule has 2 aliphatic rings. The summed E-state index contributed by atoms with van der Waals surface area (Å²) in [4.78, 5) is 2.47. The summed E-state index contributed by atoms with van der Waals surface area (Å²) >= 11 is 7.70. The average molecular weight is 678 g/mol. The van der Waals surface area contributed by atoms with Crippen molar-refractivity contribution in [1.29, 1.82) is 0 Å². The van der Waals surface area contributed by atoms with E-state index in [1.165, 1.54) is 61.6 Å². The number of rotatable bonds is 1. The minimum Gasteiger partial charge on any atom is -0.310 e. The topological polar surface area (TPSA) is 3.24 Å². The molecule has 210 valence electrons. The first-order chi connectivity index (χ1) is 19.9. The molecule has 0 saturated carbocycles. The van der Waals surface area contributed by atoms with Gasteiger partial charge in [-0.1, -0.05) is 128 Å². The molecule has 5 aromatic rings. The van der Waals surface area contributed by atoms with E-state index < -0.39 is 5.41 Å². The molecule has 0 aromatic heterocycles. The van der Waals surface area contributed by atoms with Crippen LogP contribution in [0.15, 0.2) is 112 Å². The average Bonchev–Trinajstić information content (AvgIpc) is 3.21. The van der Waals surface area contributed by atoms with E-state index in [4.69, 9.17) is 0 Å². The van der Waals surface area contributed by atoms with Crippen LogP contribution in [0.2, 0.25) is 0 Å². The summed E-state index contributed by atoms with van der Waals surface area (Å²) in [5.74, 6) is 0. The molecule has 0 saturated heterocycles. The van der Waals surface area contributed by atoms with Gasteiger partial charge in [0.15, 0.2) is 0 Å². The number of hydrogen-bond donors (Lipinski definition) is 0. The monoisotopic (exact) mass is 675 g/mol. The van der Waals surface area contributed by atoms with Gasteiger partial charge in [-0.15, -0.1) is 0 Å². The fraction of sp³-hybridized carbons (Fsp3) is 0.231. The van der Waals surface area contributed by atoms with E-state index in [2.05, 4.69) is 181 Å². The van der Waals surface area contributed by atoms with Gasteiger partial charge in [0.2, 0.25) is 0 Å². The normalized spacial score (nSPS) is 14.8. The maximum Gasteiger partial charge on any atom is 0.0755 e. The second kappa shape index (κ2) is 9.43. The van der Waals surface area contributed by atoms with Crippen LogP contribution in [0.5, 0.6) is 0 Å². The Bertz CT molecular complexity index is 1820. The molecule has 1 nitrogen and oxygen atoms in total. The Morgan fingerprint density at radius 2 is 1.02 bits per heavy atom. The van der Waals surface area contributed by atoms with Crippen molar-refractivity contribution in [3.8, 4) is 11.1 Å². The Morgan fingerprint density at radius 1 is 0.500 bits per heavy atom. The molecule has 0 amide bonds. The maximum atomic E-state index is 3.85. The summed E-state index contributed by atoms with van der Waals surface area (Å²) in [7, 11) is 0. The lowest BCUT2D eigenvalue weighted by Gasteiger charge is -2.45. The van der Waals surface area contributed by atoms with Crippen LogP contribution in [0, 0.1) is 0 Å². The van der Waals surface area contributed by atoms with Gasteiger partial charge in [-0.05, 0) is 104 Å². The van der Waals surface area contributed by atoms with Gasteiger partial charge in [0.05, 0.1) is 16.8 Å². The van der Waals surface area contributed by atoms with E-state index in [9.17, 15) is 0 Å². The molecule has 1 spiro atoms. The summed E-state index contributed by atoms with van der Waals surface area (Å²) < 4.78 is 2.19. The van der Waals surface area contributed by atoms with Crippen molar-refractivity contribution in [2.75, 3.05) is 4.90 Å². The SMILES string of the molecule is CC(C)(C)c1ccc(N2c3ccccc3C3(c4cc(Br)ccc4-c4ccc(Br)cc43)c3cc(C(C)(C)C)ccc32)cc1. The molecule has 0 bridgehead atoms. The van der Waals surface area contributed by atoms with Crippen molar-refractivity contribution in [1.82, 2.24) is 0 Å². The number of fused-ring (bicyclic) bond motifs is 9. The largest absolute Gasteiger partial charge is 0.310 e. The highest BCUT2D eigenvalue weighted by Gasteiger charge is 2.52. The van der Waals surface area contributed by atoms with Gasteiger partial charge in [0, 0.05) is 14.6 Å². The molecule has 1 heterocycles. The third-order valence-corrected chi connectivity index (χ3v) is 10.1. The third-order valence-electron chi connectivity index (χ3n) is 9.11. The lowest BCUT2D eigenvalue weighted by Crippen LogP contribution is -2.36. The molecule has 3 heteroatoms. The Hall–Kier alpha value is -3.14. The minimum absolute atomic E-state index is 0.00514. The molecule has 0 atom stereocenters. The highest BCUT2D eigenvalue weighted by Crippen LogP contribution is 2.64. The second-order valence-electron chi connectivity index (χ2n) is 13.8.